The largest absolute Gasteiger partial charge is 0.480 e. The minimum absolute atomic E-state index is 0.160. The van der Waals surface area contributed by atoms with Crippen molar-refractivity contribution in [1.82, 2.24) is 4.90 Å². The van der Waals surface area contributed by atoms with Gasteiger partial charge >= 0.3 is 5.97 Å². The van der Waals surface area contributed by atoms with Crippen LogP contribution in [0.25, 0.3) is 0 Å². The maximum Gasteiger partial charge on any atom is 0.326 e. The molecular weight excluding hydrogens is 244 g/mol. The van der Waals surface area contributed by atoms with Crippen molar-refractivity contribution in [1.29, 1.82) is 0 Å². The number of hydrogen-bond acceptors (Lipinski definition) is 3. The molecular formula is C14H18N2O3. The van der Waals surface area contributed by atoms with Gasteiger partial charge in [-0.15, -0.1) is 0 Å². The quantitative estimate of drug-likeness (QED) is 0.856. The Labute approximate surface area is 112 Å². The van der Waals surface area contributed by atoms with Crippen LogP contribution in [-0.4, -0.2) is 34.5 Å². The molecule has 0 spiro atoms. The van der Waals surface area contributed by atoms with Crippen LogP contribution in [0.2, 0.25) is 0 Å². The minimum Gasteiger partial charge on any atom is -0.480 e. The molecule has 2 atom stereocenters. The molecule has 1 aliphatic heterocycles. The maximum absolute atomic E-state index is 12.0. The number of carbonyl (C=O) groups excluding carboxylic acids is 1. The van der Waals surface area contributed by atoms with Crippen molar-refractivity contribution < 1.29 is 14.7 Å². The molecule has 5 nitrogen and oxygen atoms in total. The van der Waals surface area contributed by atoms with Crippen molar-refractivity contribution in [2.75, 3.05) is 6.54 Å². The van der Waals surface area contributed by atoms with Gasteiger partial charge < -0.3 is 15.7 Å². The Morgan fingerprint density at radius 2 is 1.95 bits per heavy atom. The van der Waals surface area contributed by atoms with Crippen LogP contribution >= 0.6 is 0 Å². The van der Waals surface area contributed by atoms with Gasteiger partial charge in [-0.1, -0.05) is 30.3 Å². The van der Waals surface area contributed by atoms with Gasteiger partial charge in [0.15, 0.2) is 0 Å². The van der Waals surface area contributed by atoms with Crippen molar-refractivity contribution in [3.8, 4) is 0 Å². The Morgan fingerprint density at radius 1 is 1.26 bits per heavy atom. The molecule has 1 heterocycles. The highest BCUT2D eigenvalue weighted by molar-refractivity contribution is 5.85. The van der Waals surface area contributed by atoms with E-state index in [2.05, 4.69) is 0 Å². The first kappa shape index (κ1) is 13.5. The molecule has 5 heteroatoms. The second-order valence-corrected chi connectivity index (χ2v) is 4.72. The van der Waals surface area contributed by atoms with Gasteiger partial charge in [-0.25, -0.2) is 4.79 Å². The topological polar surface area (TPSA) is 83.6 Å². The zero-order valence-electron chi connectivity index (χ0n) is 10.7. The second kappa shape index (κ2) is 5.84. The van der Waals surface area contributed by atoms with Crippen LogP contribution in [0.4, 0.5) is 0 Å². The molecule has 1 aromatic carbocycles. The molecule has 0 radical (unpaired) electrons. The first-order chi connectivity index (χ1) is 9.15. The molecule has 102 valence electrons. The Hall–Kier alpha value is -1.88. The Kier molecular flexibility index (Phi) is 4.16. The summed E-state index contributed by atoms with van der Waals surface area (Å²) in [7, 11) is 0. The minimum atomic E-state index is -0.956. The number of amides is 1. The van der Waals surface area contributed by atoms with Crippen LogP contribution in [0.5, 0.6) is 0 Å². The van der Waals surface area contributed by atoms with Gasteiger partial charge in [0.05, 0.1) is 12.6 Å². The molecule has 1 amide bonds. The Morgan fingerprint density at radius 3 is 2.53 bits per heavy atom. The number of rotatable bonds is 3. The van der Waals surface area contributed by atoms with Crippen LogP contribution in [0.15, 0.2) is 30.3 Å². The van der Waals surface area contributed by atoms with E-state index in [9.17, 15) is 14.7 Å². The van der Waals surface area contributed by atoms with Crippen LogP contribution in [0, 0.1) is 0 Å². The lowest BCUT2D eigenvalue weighted by molar-refractivity contribution is -0.154. The molecule has 1 aliphatic rings. The lowest BCUT2D eigenvalue weighted by Gasteiger charge is -2.40. The predicted molar refractivity (Wildman–Crippen MR) is 70.4 cm³/mol. The molecule has 3 N–H and O–H groups in total. The zero-order valence-corrected chi connectivity index (χ0v) is 10.7. The first-order valence-electron chi connectivity index (χ1n) is 6.44. The lowest BCUT2D eigenvalue weighted by atomic mass is 9.90. The van der Waals surface area contributed by atoms with Crippen molar-refractivity contribution in [3.63, 3.8) is 0 Å². The second-order valence-electron chi connectivity index (χ2n) is 4.72. The molecule has 2 rings (SSSR count). The van der Waals surface area contributed by atoms with E-state index in [0.717, 1.165) is 18.4 Å². The van der Waals surface area contributed by atoms with Crippen molar-refractivity contribution >= 4 is 11.9 Å². The fourth-order valence-electron chi connectivity index (χ4n) is 2.70. The number of nitrogens with two attached hydrogens (primary N) is 1. The summed E-state index contributed by atoms with van der Waals surface area (Å²) in [6.45, 7) is -0.160. The summed E-state index contributed by atoms with van der Waals surface area (Å²) in [5, 5.41) is 9.28. The summed E-state index contributed by atoms with van der Waals surface area (Å²) in [5.41, 5.74) is 6.39. The summed E-state index contributed by atoms with van der Waals surface area (Å²) < 4.78 is 0. The van der Waals surface area contributed by atoms with Gasteiger partial charge in [-0.3, -0.25) is 4.79 Å². The standard InChI is InChI=1S/C14H18N2O3/c15-9-13(17)16-11(10-5-2-1-3-6-10)7-4-8-12(16)14(18)19/h1-3,5-6,11-12H,4,7-9,15H2,(H,18,19). The van der Waals surface area contributed by atoms with E-state index in [0.29, 0.717) is 6.42 Å². The summed E-state index contributed by atoms with van der Waals surface area (Å²) in [4.78, 5) is 24.8. The number of aliphatic carboxylic acids is 1. The molecule has 1 aromatic rings. The molecule has 1 saturated heterocycles. The third-order valence-corrected chi connectivity index (χ3v) is 3.56. The highest BCUT2D eigenvalue weighted by atomic mass is 16.4. The average Bonchev–Trinajstić information content (AvgIpc) is 2.46. The molecule has 19 heavy (non-hydrogen) atoms. The molecule has 1 fully saturated rings. The van der Waals surface area contributed by atoms with Crippen LogP contribution in [0.1, 0.15) is 30.9 Å². The SMILES string of the molecule is NCC(=O)N1C(C(=O)O)CCCC1c1ccccc1. The summed E-state index contributed by atoms with van der Waals surface area (Å²) in [6.07, 6.45) is 2.06. The molecule has 0 saturated carbocycles. The van der Waals surface area contributed by atoms with Crippen LogP contribution in [0.3, 0.4) is 0 Å². The van der Waals surface area contributed by atoms with Crippen molar-refractivity contribution in [2.45, 2.75) is 31.3 Å². The number of carboxylic acids is 1. The van der Waals surface area contributed by atoms with Gasteiger partial charge in [0.2, 0.25) is 5.91 Å². The smallest absolute Gasteiger partial charge is 0.326 e. The number of piperidine rings is 1. The summed E-state index contributed by atoms with van der Waals surface area (Å²) in [6, 6.07) is 8.57. The maximum atomic E-state index is 12.0. The first-order valence-corrected chi connectivity index (χ1v) is 6.44. The number of benzene rings is 1. The molecule has 0 bridgehead atoms. The highest BCUT2D eigenvalue weighted by Crippen LogP contribution is 2.34. The number of hydrogen-bond donors (Lipinski definition) is 2. The fourth-order valence-corrected chi connectivity index (χ4v) is 2.70. The van der Waals surface area contributed by atoms with E-state index in [1.807, 2.05) is 30.3 Å². The molecule has 0 aliphatic carbocycles. The van der Waals surface area contributed by atoms with Gasteiger partial charge in [0.25, 0.3) is 0 Å². The van der Waals surface area contributed by atoms with Crippen LogP contribution < -0.4 is 5.73 Å². The van der Waals surface area contributed by atoms with Crippen molar-refractivity contribution in [3.05, 3.63) is 35.9 Å². The summed E-state index contributed by atoms with van der Waals surface area (Å²) >= 11 is 0. The van der Waals surface area contributed by atoms with Crippen LogP contribution in [-0.2, 0) is 9.59 Å². The van der Waals surface area contributed by atoms with E-state index >= 15 is 0 Å². The van der Waals surface area contributed by atoms with E-state index in [-0.39, 0.29) is 18.5 Å². The highest BCUT2D eigenvalue weighted by Gasteiger charge is 2.38. The normalized spacial score (nSPS) is 23.1. The number of carboxylic acid groups (broad SMARTS) is 1. The van der Waals surface area contributed by atoms with Gasteiger partial charge in [-0.05, 0) is 24.8 Å². The van der Waals surface area contributed by atoms with E-state index in [4.69, 9.17) is 5.73 Å². The van der Waals surface area contributed by atoms with Crippen molar-refractivity contribution in [2.24, 2.45) is 5.73 Å². The third-order valence-electron chi connectivity index (χ3n) is 3.56. The fraction of sp³-hybridized carbons (Fsp3) is 0.429. The van der Waals surface area contributed by atoms with Gasteiger partial charge in [0, 0.05) is 0 Å². The Bertz CT molecular complexity index is 461. The predicted octanol–water partition coefficient (Wildman–Crippen LogP) is 1.15. The molecule has 2 unspecified atom stereocenters. The third kappa shape index (κ3) is 2.76. The van der Waals surface area contributed by atoms with Gasteiger partial charge in [-0.2, -0.15) is 0 Å². The number of carbonyl (C=O) groups is 2. The number of nitrogens with zero attached hydrogens (tertiary/aromatic N) is 1. The van der Waals surface area contributed by atoms with E-state index in [1.165, 1.54) is 4.90 Å². The number of likely N-dealkylation sites (tertiary alicyclic amines) is 1. The van der Waals surface area contributed by atoms with E-state index in [1.54, 1.807) is 0 Å². The molecule has 0 aromatic heterocycles. The zero-order chi connectivity index (χ0) is 13.8. The lowest BCUT2D eigenvalue weighted by Crippen LogP contribution is -2.51. The average molecular weight is 262 g/mol. The Balaban J connectivity index is 2.34. The summed E-state index contributed by atoms with van der Waals surface area (Å²) in [5.74, 6) is -1.26. The van der Waals surface area contributed by atoms with E-state index < -0.39 is 12.0 Å². The van der Waals surface area contributed by atoms with Gasteiger partial charge in [0.1, 0.15) is 6.04 Å². The monoisotopic (exact) mass is 262 g/mol.